The lowest BCUT2D eigenvalue weighted by atomic mass is 10.0. The topological polar surface area (TPSA) is 71.2 Å². The van der Waals surface area contributed by atoms with Gasteiger partial charge >= 0.3 is 0 Å². The molecule has 0 fully saturated rings. The van der Waals surface area contributed by atoms with Gasteiger partial charge in [0.25, 0.3) is 5.91 Å². The molecule has 3 N–H and O–H groups in total. The van der Waals surface area contributed by atoms with Crippen LogP contribution < -0.4 is 11.1 Å². The van der Waals surface area contributed by atoms with Crippen LogP contribution in [0, 0.1) is 5.82 Å². The molecular formula is C25H23FN4OS. The van der Waals surface area contributed by atoms with E-state index < -0.39 is 0 Å². The largest absolute Gasteiger partial charge is 0.397 e. The number of thiophene rings is 1. The number of hydrogen-bond acceptors (Lipinski definition) is 5. The van der Waals surface area contributed by atoms with E-state index in [9.17, 15) is 9.18 Å². The molecule has 162 valence electrons. The summed E-state index contributed by atoms with van der Waals surface area (Å²) < 4.78 is 13.1. The standard InChI is InChI=1S/C25H23FN4OS/c26-19-8-6-16(7-9-19)13-28-24(31)23-22(27)20-12-18-15-30(14-17-4-2-1-3-5-17)11-10-21(18)29-25(20)32-23/h1-9,12H,10-11,13-15,27H2,(H,28,31). The quantitative estimate of drug-likeness (QED) is 0.473. The fraction of sp³-hybridized carbons (Fsp3) is 0.200. The molecule has 2 aromatic heterocycles. The number of carbonyl (C=O) groups excluding carboxylic acids is 1. The van der Waals surface area contributed by atoms with Crippen molar-refractivity contribution in [3.63, 3.8) is 0 Å². The number of fused-ring (bicyclic) bond motifs is 2. The van der Waals surface area contributed by atoms with E-state index in [0.29, 0.717) is 17.1 Å². The van der Waals surface area contributed by atoms with Crippen LogP contribution in [0.25, 0.3) is 10.2 Å². The van der Waals surface area contributed by atoms with E-state index in [4.69, 9.17) is 10.7 Å². The number of nitrogens with zero attached hydrogens (tertiary/aromatic N) is 2. The Morgan fingerprint density at radius 2 is 1.91 bits per heavy atom. The van der Waals surface area contributed by atoms with Crippen molar-refractivity contribution in [2.24, 2.45) is 0 Å². The van der Waals surface area contributed by atoms with Crippen molar-refractivity contribution >= 4 is 33.1 Å². The Labute approximate surface area is 189 Å². The summed E-state index contributed by atoms with van der Waals surface area (Å²) in [7, 11) is 0. The minimum absolute atomic E-state index is 0.237. The first-order valence-corrected chi connectivity index (χ1v) is 11.4. The van der Waals surface area contributed by atoms with Crippen molar-refractivity contribution in [3.05, 3.63) is 93.7 Å². The van der Waals surface area contributed by atoms with Crippen molar-refractivity contribution in [3.8, 4) is 0 Å². The van der Waals surface area contributed by atoms with E-state index >= 15 is 0 Å². The monoisotopic (exact) mass is 446 g/mol. The molecule has 2 aromatic carbocycles. The number of aromatic nitrogens is 1. The van der Waals surface area contributed by atoms with Gasteiger partial charge in [0, 0.05) is 43.7 Å². The molecular weight excluding hydrogens is 423 g/mol. The van der Waals surface area contributed by atoms with Crippen LogP contribution in [0.1, 0.15) is 32.1 Å². The van der Waals surface area contributed by atoms with Gasteiger partial charge in [0.05, 0.1) is 5.69 Å². The molecule has 5 rings (SSSR count). The summed E-state index contributed by atoms with van der Waals surface area (Å²) in [5, 5.41) is 3.71. The van der Waals surface area contributed by atoms with Gasteiger partial charge in [0.15, 0.2) is 0 Å². The fourth-order valence-corrected chi connectivity index (χ4v) is 5.08. The highest BCUT2D eigenvalue weighted by Crippen LogP contribution is 2.35. The number of pyridine rings is 1. The summed E-state index contributed by atoms with van der Waals surface area (Å²) in [6, 6.07) is 18.6. The van der Waals surface area contributed by atoms with Crippen LogP contribution in [0.5, 0.6) is 0 Å². The number of amides is 1. The molecule has 32 heavy (non-hydrogen) atoms. The number of anilines is 1. The lowest BCUT2D eigenvalue weighted by Crippen LogP contribution is -2.30. The Kier molecular flexibility index (Phi) is 5.59. The zero-order chi connectivity index (χ0) is 22.1. The second kappa shape index (κ2) is 8.68. The highest BCUT2D eigenvalue weighted by Gasteiger charge is 2.22. The summed E-state index contributed by atoms with van der Waals surface area (Å²) in [5.41, 5.74) is 11.2. The molecule has 0 bridgehead atoms. The van der Waals surface area contributed by atoms with Crippen LogP contribution >= 0.6 is 11.3 Å². The van der Waals surface area contributed by atoms with E-state index in [2.05, 4.69) is 40.5 Å². The maximum Gasteiger partial charge on any atom is 0.263 e. The molecule has 4 aromatic rings. The Morgan fingerprint density at radius 3 is 2.69 bits per heavy atom. The number of nitrogens with two attached hydrogens (primary N) is 1. The number of carbonyl (C=O) groups is 1. The van der Waals surface area contributed by atoms with Gasteiger partial charge in [-0.2, -0.15) is 0 Å². The number of halogens is 1. The van der Waals surface area contributed by atoms with Crippen molar-refractivity contribution in [1.82, 2.24) is 15.2 Å². The van der Waals surface area contributed by atoms with Gasteiger partial charge in [-0.1, -0.05) is 42.5 Å². The summed E-state index contributed by atoms with van der Waals surface area (Å²) in [4.78, 5) is 21.3. The summed E-state index contributed by atoms with van der Waals surface area (Å²) >= 11 is 1.32. The molecule has 1 aliphatic heterocycles. The minimum Gasteiger partial charge on any atom is -0.397 e. The van der Waals surface area contributed by atoms with Crippen LogP contribution in [0.2, 0.25) is 0 Å². The Balaban J connectivity index is 1.34. The maximum atomic E-state index is 13.1. The summed E-state index contributed by atoms with van der Waals surface area (Å²) in [5.74, 6) is -0.537. The van der Waals surface area contributed by atoms with E-state index in [1.54, 1.807) is 12.1 Å². The van der Waals surface area contributed by atoms with Gasteiger partial charge in [-0.3, -0.25) is 9.69 Å². The fourth-order valence-electron chi connectivity index (χ4n) is 4.07. The highest BCUT2D eigenvalue weighted by atomic mass is 32.1. The molecule has 7 heteroatoms. The molecule has 0 saturated carbocycles. The summed E-state index contributed by atoms with van der Waals surface area (Å²) in [6.07, 6.45) is 0.877. The number of nitrogens with one attached hydrogen (secondary N) is 1. The zero-order valence-corrected chi connectivity index (χ0v) is 18.3. The van der Waals surface area contributed by atoms with Crippen molar-refractivity contribution in [1.29, 1.82) is 0 Å². The molecule has 0 unspecified atom stereocenters. The first-order valence-electron chi connectivity index (χ1n) is 10.6. The predicted octanol–water partition coefficient (Wildman–Crippen LogP) is 4.51. The Bertz CT molecular complexity index is 1270. The normalized spacial score (nSPS) is 13.8. The van der Waals surface area contributed by atoms with Gasteiger partial charge in [0.1, 0.15) is 15.5 Å². The van der Waals surface area contributed by atoms with Crippen LogP contribution in [0.3, 0.4) is 0 Å². The molecule has 0 spiro atoms. The van der Waals surface area contributed by atoms with E-state index in [1.807, 2.05) is 6.07 Å². The zero-order valence-electron chi connectivity index (χ0n) is 17.5. The van der Waals surface area contributed by atoms with Crippen LogP contribution in [-0.4, -0.2) is 22.3 Å². The molecule has 3 heterocycles. The third-order valence-electron chi connectivity index (χ3n) is 5.77. The number of hydrogen-bond donors (Lipinski definition) is 2. The lowest BCUT2D eigenvalue weighted by molar-refractivity contribution is 0.0956. The second-order valence-corrected chi connectivity index (χ2v) is 9.05. The van der Waals surface area contributed by atoms with Gasteiger partial charge in [-0.05, 0) is 34.9 Å². The van der Waals surface area contributed by atoms with Gasteiger partial charge < -0.3 is 11.1 Å². The molecule has 0 radical (unpaired) electrons. The van der Waals surface area contributed by atoms with Crippen molar-refractivity contribution < 1.29 is 9.18 Å². The first-order chi connectivity index (χ1) is 15.6. The van der Waals surface area contributed by atoms with Crippen molar-refractivity contribution in [2.45, 2.75) is 26.1 Å². The first kappa shape index (κ1) is 20.6. The van der Waals surface area contributed by atoms with Crippen LogP contribution in [-0.2, 0) is 26.1 Å². The molecule has 5 nitrogen and oxygen atoms in total. The van der Waals surface area contributed by atoms with Crippen molar-refractivity contribution in [2.75, 3.05) is 12.3 Å². The lowest BCUT2D eigenvalue weighted by Gasteiger charge is -2.28. The Hall–Kier alpha value is -3.29. The van der Waals surface area contributed by atoms with Gasteiger partial charge in [-0.25, -0.2) is 9.37 Å². The van der Waals surface area contributed by atoms with E-state index in [0.717, 1.165) is 47.5 Å². The average molecular weight is 447 g/mol. The van der Waals surface area contributed by atoms with Crippen LogP contribution in [0.15, 0.2) is 60.7 Å². The predicted molar refractivity (Wildman–Crippen MR) is 126 cm³/mol. The van der Waals surface area contributed by atoms with E-state index in [-0.39, 0.29) is 11.7 Å². The number of rotatable bonds is 5. The molecule has 0 saturated heterocycles. The Morgan fingerprint density at radius 1 is 1.12 bits per heavy atom. The molecule has 1 aliphatic rings. The summed E-state index contributed by atoms with van der Waals surface area (Å²) in [6.45, 7) is 2.97. The van der Waals surface area contributed by atoms with Gasteiger partial charge in [0.2, 0.25) is 0 Å². The SMILES string of the molecule is Nc1c(C(=O)NCc2ccc(F)cc2)sc2nc3c(cc12)CN(Cc1ccccc1)CC3. The average Bonchev–Trinajstić information content (AvgIpc) is 3.13. The van der Waals surface area contributed by atoms with Gasteiger partial charge in [-0.15, -0.1) is 11.3 Å². The van der Waals surface area contributed by atoms with E-state index in [1.165, 1.54) is 34.6 Å². The second-order valence-electron chi connectivity index (χ2n) is 8.05. The number of nitrogen functional groups attached to an aromatic ring is 1. The number of benzene rings is 2. The van der Waals surface area contributed by atoms with Crippen LogP contribution in [0.4, 0.5) is 10.1 Å². The third-order valence-corrected chi connectivity index (χ3v) is 6.88. The third kappa shape index (κ3) is 4.22. The minimum atomic E-state index is -0.300. The maximum absolute atomic E-state index is 13.1. The highest BCUT2D eigenvalue weighted by molar-refractivity contribution is 7.21. The molecule has 0 aliphatic carbocycles. The molecule has 0 atom stereocenters. The molecule has 1 amide bonds. The smallest absolute Gasteiger partial charge is 0.263 e.